The van der Waals surface area contributed by atoms with Crippen molar-refractivity contribution in [2.75, 3.05) is 24.3 Å². The van der Waals surface area contributed by atoms with Crippen LogP contribution in [-0.4, -0.2) is 44.8 Å². The van der Waals surface area contributed by atoms with Gasteiger partial charge in [0.15, 0.2) is 0 Å². The maximum absolute atomic E-state index is 14.3. The number of hydrogen-bond donors (Lipinski definition) is 1. The number of hydrogen-bond acceptors (Lipinski definition) is 6. The number of amides is 1. The quantitative estimate of drug-likeness (QED) is 0.664. The van der Waals surface area contributed by atoms with Gasteiger partial charge in [-0.25, -0.2) is 22.5 Å². The maximum atomic E-state index is 14.3. The summed E-state index contributed by atoms with van der Waals surface area (Å²) in [5.74, 6) is -1.25. The van der Waals surface area contributed by atoms with Gasteiger partial charge in [-0.3, -0.25) is 4.79 Å². The molecule has 3 rings (SSSR count). The van der Waals surface area contributed by atoms with Crippen LogP contribution in [-0.2, 0) is 10.0 Å². The van der Waals surface area contributed by atoms with Crippen LogP contribution in [0.3, 0.4) is 0 Å². The van der Waals surface area contributed by atoms with E-state index < -0.39 is 27.3 Å². The van der Waals surface area contributed by atoms with Gasteiger partial charge in [0.05, 0.1) is 22.9 Å². The largest absolute Gasteiger partial charge is 0.490 e. The van der Waals surface area contributed by atoms with Gasteiger partial charge in [0.1, 0.15) is 29.1 Å². The summed E-state index contributed by atoms with van der Waals surface area (Å²) in [4.78, 5) is 18.3. The molecule has 1 aliphatic heterocycles. The van der Waals surface area contributed by atoms with Crippen LogP contribution in [0, 0.1) is 5.82 Å². The fourth-order valence-electron chi connectivity index (χ4n) is 3.09. The summed E-state index contributed by atoms with van der Waals surface area (Å²) in [7, 11) is -3.83. The SMILES string of the molecule is CS(=O)(=O)NC(=O)c1cc(Cl)c(OC[C@H]2CCCN2c2cccc(Cl)n2)cc1F. The minimum Gasteiger partial charge on any atom is -0.490 e. The van der Waals surface area contributed by atoms with E-state index >= 15 is 0 Å². The third-order valence-corrected chi connectivity index (χ3v) is 5.41. The average Bonchev–Trinajstić information content (AvgIpc) is 3.09. The number of pyridine rings is 1. The van der Waals surface area contributed by atoms with Crippen LogP contribution < -0.4 is 14.4 Å². The first kappa shape index (κ1) is 21.6. The zero-order chi connectivity index (χ0) is 21.2. The van der Waals surface area contributed by atoms with Crippen molar-refractivity contribution in [3.63, 3.8) is 0 Å². The highest BCUT2D eigenvalue weighted by atomic mass is 35.5. The topological polar surface area (TPSA) is 88.6 Å². The molecule has 0 radical (unpaired) electrons. The van der Waals surface area contributed by atoms with E-state index in [9.17, 15) is 17.6 Å². The van der Waals surface area contributed by atoms with E-state index in [0.29, 0.717) is 5.15 Å². The highest BCUT2D eigenvalue weighted by Crippen LogP contribution is 2.30. The van der Waals surface area contributed by atoms with Crippen molar-refractivity contribution in [2.24, 2.45) is 0 Å². The summed E-state index contributed by atoms with van der Waals surface area (Å²) < 4.78 is 44.0. The first-order valence-corrected chi connectivity index (χ1v) is 11.3. The van der Waals surface area contributed by atoms with Gasteiger partial charge in [-0.15, -0.1) is 0 Å². The Morgan fingerprint density at radius 3 is 2.83 bits per heavy atom. The molecule has 1 aromatic heterocycles. The molecule has 7 nitrogen and oxygen atoms in total. The van der Waals surface area contributed by atoms with E-state index in [-0.39, 0.29) is 23.4 Å². The first-order chi connectivity index (χ1) is 13.6. The van der Waals surface area contributed by atoms with Crippen molar-refractivity contribution in [1.29, 1.82) is 0 Å². The molecule has 1 aliphatic rings. The van der Waals surface area contributed by atoms with E-state index in [1.54, 1.807) is 10.8 Å². The number of sulfonamides is 1. The van der Waals surface area contributed by atoms with Crippen LogP contribution in [0.5, 0.6) is 5.75 Å². The van der Waals surface area contributed by atoms with Crippen LogP contribution >= 0.6 is 23.2 Å². The Hall–Kier alpha value is -2.10. The average molecular weight is 462 g/mol. The van der Waals surface area contributed by atoms with E-state index in [1.165, 1.54) is 0 Å². The number of ether oxygens (including phenoxy) is 1. The van der Waals surface area contributed by atoms with Gasteiger partial charge in [-0.05, 0) is 31.0 Å². The fraction of sp³-hybridized carbons (Fsp3) is 0.333. The van der Waals surface area contributed by atoms with Crippen molar-refractivity contribution in [1.82, 2.24) is 9.71 Å². The predicted octanol–water partition coefficient (Wildman–Crippen LogP) is 3.26. The molecule has 11 heteroatoms. The second-order valence-electron chi connectivity index (χ2n) is 6.58. The minimum absolute atomic E-state index is 0.00419. The van der Waals surface area contributed by atoms with Gasteiger partial charge in [-0.2, -0.15) is 0 Å². The van der Waals surface area contributed by atoms with Crippen LogP contribution in [0.1, 0.15) is 23.2 Å². The molecule has 0 spiro atoms. The maximum Gasteiger partial charge on any atom is 0.267 e. The van der Waals surface area contributed by atoms with Gasteiger partial charge in [0.25, 0.3) is 5.91 Å². The molecular formula is C18H18Cl2FN3O4S. The molecule has 0 bridgehead atoms. The smallest absolute Gasteiger partial charge is 0.267 e. The van der Waals surface area contributed by atoms with E-state index in [0.717, 1.165) is 43.6 Å². The lowest BCUT2D eigenvalue weighted by Crippen LogP contribution is -2.34. The van der Waals surface area contributed by atoms with Gasteiger partial charge in [0.2, 0.25) is 10.0 Å². The molecule has 1 fully saturated rings. The van der Waals surface area contributed by atoms with Crippen molar-refractivity contribution < 1.29 is 22.3 Å². The number of aromatic nitrogens is 1. The molecule has 2 heterocycles. The number of carbonyl (C=O) groups is 1. The highest BCUT2D eigenvalue weighted by Gasteiger charge is 2.27. The van der Waals surface area contributed by atoms with Gasteiger partial charge in [0, 0.05) is 12.6 Å². The molecule has 1 atom stereocenters. The van der Waals surface area contributed by atoms with Crippen molar-refractivity contribution >= 4 is 45.0 Å². The van der Waals surface area contributed by atoms with Crippen LogP contribution in [0.2, 0.25) is 10.2 Å². The Morgan fingerprint density at radius 2 is 2.14 bits per heavy atom. The second-order valence-corrected chi connectivity index (χ2v) is 9.13. The third-order valence-electron chi connectivity index (χ3n) is 4.35. The number of halogens is 3. The van der Waals surface area contributed by atoms with Gasteiger partial charge >= 0.3 is 0 Å². The molecule has 2 aromatic rings. The zero-order valence-corrected chi connectivity index (χ0v) is 17.7. The lowest BCUT2D eigenvalue weighted by Gasteiger charge is -2.26. The Morgan fingerprint density at radius 1 is 1.38 bits per heavy atom. The van der Waals surface area contributed by atoms with Crippen LogP contribution in [0.25, 0.3) is 0 Å². The summed E-state index contributed by atoms with van der Waals surface area (Å²) in [5.41, 5.74) is -0.488. The number of anilines is 1. The summed E-state index contributed by atoms with van der Waals surface area (Å²) in [6, 6.07) is 7.36. The number of rotatable bonds is 6. The summed E-state index contributed by atoms with van der Waals surface area (Å²) >= 11 is 12.1. The van der Waals surface area contributed by atoms with E-state index in [2.05, 4.69) is 9.88 Å². The molecule has 0 aliphatic carbocycles. The molecule has 156 valence electrons. The van der Waals surface area contributed by atoms with E-state index in [4.69, 9.17) is 27.9 Å². The Kier molecular flexibility index (Phi) is 6.50. The molecule has 0 unspecified atom stereocenters. The summed E-state index contributed by atoms with van der Waals surface area (Å²) in [6.45, 7) is 1.01. The number of benzene rings is 1. The molecule has 1 saturated heterocycles. The monoisotopic (exact) mass is 461 g/mol. The van der Waals surface area contributed by atoms with Crippen LogP contribution in [0.15, 0.2) is 30.3 Å². The first-order valence-electron chi connectivity index (χ1n) is 8.67. The summed E-state index contributed by atoms with van der Waals surface area (Å²) in [5, 5.41) is 0.387. The second kappa shape index (κ2) is 8.73. The number of nitrogens with zero attached hydrogens (tertiary/aromatic N) is 2. The van der Waals surface area contributed by atoms with Crippen molar-refractivity contribution in [3.8, 4) is 5.75 Å². The molecular weight excluding hydrogens is 444 g/mol. The molecule has 1 amide bonds. The zero-order valence-electron chi connectivity index (χ0n) is 15.4. The standard InChI is InChI=1S/C18H18Cl2FN3O4S/c1-29(26,27)23-18(25)12-8-13(19)15(9-14(12)21)28-10-11-4-3-7-24(11)17-6-2-5-16(20)22-17/h2,5-6,8-9,11H,3-4,7,10H2,1H3,(H,23,25)/t11-/m1/s1. The molecule has 1 N–H and O–H groups in total. The summed E-state index contributed by atoms with van der Waals surface area (Å²) in [6.07, 6.45) is 2.59. The molecule has 0 saturated carbocycles. The number of carbonyl (C=O) groups excluding carboxylic acids is 1. The van der Waals surface area contributed by atoms with Gasteiger partial charge in [-0.1, -0.05) is 29.3 Å². The normalized spacial score (nSPS) is 16.7. The van der Waals surface area contributed by atoms with Crippen molar-refractivity contribution in [3.05, 3.63) is 51.9 Å². The molecule has 29 heavy (non-hydrogen) atoms. The van der Waals surface area contributed by atoms with Crippen molar-refractivity contribution in [2.45, 2.75) is 18.9 Å². The number of nitrogens with one attached hydrogen (secondary N) is 1. The highest BCUT2D eigenvalue weighted by molar-refractivity contribution is 7.89. The lowest BCUT2D eigenvalue weighted by molar-refractivity contribution is 0.0977. The Balaban J connectivity index is 1.72. The van der Waals surface area contributed by atoms with E-state index in [1.807, 2.05) is 12.1 Å². The lowest BCUT2D eigenvalue weighted by atomic mass is 10.2. The Labute approximate surface area is 177 Å². The Bertz CT molecular complexity index is 1040. The third kappa shape index (κ3) is 5.49. The van der Waals surface area contributed by atoms with Gasteiger partial charge < -0.3 is 9.64 Å². The fourth-order valence-corrected chi connectivity index (χ4v) is 3.91. The molecule has 1 aromatic carbocycles. The van der Waals surface area contributed by atoms with Crippen LogP contribution in [0.4, 0.5) is 10.2 Å². The minimum atomic E-state index is -3.83. The predicted molar refractivity (Wildman–Crippen MR) is 109 cm³/mol.